The predicted molar refractivity (Wildman–Crippen MR) is 108 cm³/mol. The zero-order valence-electron chi connectivity index (χ0n) is 15.0. The molecule has 2 heterocycles. The Bertz CT molecular complexity index is 1010. The van der Waals surface area contributed by atoms with E-state index in [2.05, 4.69) is 15.0 Å². The summed E-state index contributed by atoms with van der Waals surface area (Å²) in [5.74, 6) is -0.0619. The first kappa shape index (κ1) is 20.0. The number of hydrogen-bond acceptors (Lipinski definition) is 6. The molecule has 146 valence electrons. The highest BCUT2D eigenvalue weighted by atomic mass is 32.2. The van der Waals surface area contributed by atoms with Crippen molar-refractivity contribution in [3.63, 3.8) is 0 Å². The van der Waals surface area contributed by atoms with Gasteiger partial charge in [-0.3, -0.25) is 4.79 Å². The van der Waals surface area contributed by atoms with Crippen molar-refractivity contribution in [3.8, 4) is 5.88 Å². The number of ether oxygens (including phenoxy) is 1. The van der Waals surface area contributed by atoms with Gasteiger partial charge in [0.05, 0.1) is 17.9 Å². The van der Waals surface area contributed by atoms with Crippen LogP contribution in [0.2, 0.25) is 0 Å². The minimum absolute atomic E-state index is 0.161. The smallest absolute Gasteiger partial charge is 0.250 e. The number of amides is 1. The average molecular weight is 418 g/mol. The number of sulfonamides is 1. The molecule has 2 N–H and O–H groups in total. The molecule has 0 spiro atoms. The van der Waals surface area contributed by atoms with Gasteiger partial charge in [-0.25, -0.2) is 13.4 Å². The molecule has 3 rings (SSSR count). The third-order valence-electron chi connectivity index (χ3n) is 3.72. The number of pyridine rings is 1. The molecular formula is C19H19N3O4S2. The fraction of sp³-hybridized carbons (Fsp3) is 0.158. The monoisotopic (exact) mass is 417 g/mol. The van der Waals surface area contributed by atoms with E-state index in [-0.39, 0.29) is 4.21 Å². The summed E-state index contributed by atoms with van der Waals surface area (Å²) < 4.78 is 32.5. The molecule has 3 aromatic rings. The van der Waals surface area contributed by atoms with Crippen molar-refractivity contribution in [3.05, 3.63) is 71.7 Å². The van der Waals surface area contributed by atoms with Crippen LogP contribution in [0.3, 0.4) is 0 Å². The summed E-state index contributed by atoms with van der Waals surface area (Å²) in [6.07, 6.45) is 1.46. The lowest BCUT2D eigenvalue weighted by atomic mass is 10.2. The van der Waals surface area contributed by atoms with Gasteiger partial charge in [0, 0.05) is 6.07 Å². The number of thiophene rings is 1. The zero-order chi connectivity index (χ0) is 20.0. The molecule has 0 aliphatic carbocycles. The first-order valence-electron chi connectivity index (χ1n) is 8.43. The molecule has 7 nitrogen and oxygen atoms in total. The van der Waals surface area contributed by atoms with Gasteiger partial charge in [-0.1, -0.05) is 36.4 Å². The first-order valence-corrected chi connectivity index (χ1v) is 10.8. The SMILES string of the molecule is CC(NS(=O)(=O)c1cccs1)C(=O)Nc1ccc(OCc2ccccc2)nc1. The molecule has 0 saturated carbocycles. The molecule has 0 fully saturated rings. The largest absolute Gasteiger partial charge is 0.473 e. The maximum atomic E-state index is 12.3. The van der Waals surface area contributed by atoms with E-state index in [0.717, 1.165) is 16.9 Å². The van der Waals surface area contributed by atoms with Gasteiger partial charge in [0.1, 0.15) is 10.8 Å². The van der Waals surface area contributed by atoms with Crippen molar-refractivity contribution in [1.82, 2.24) is 9.71 Å². The second-order valence-electron chi connectivity index (χ2n) is 5.92. The van der Waals surface area contributed by atoms with Gasteiger partial charge in [-0.2, -0.15) is 4.72 Å². The van der Waals surface area contributed by atoms with E-state index in [0.29, 0.717) is 18.2 Å². The molecule has 9 heteroatoms. The predicted octanol–water partition coefficient (Wildman–Crippen LogP) is 3.03. The normalized spacial score (nSPS) is 12.3. The van der Waals surface area contributed by atoms with Crippen LogP contribution in [0.5, 0.6) is 5.88 Å². The van der Waals surface area contributed by atoms with Gasteiger partial charge >= 0.3 is 0 Å². The highest BCUT2D eigenvalue weighted by molar-refractivity contribution is 7.91. The van der Waals surface area contributed by atoms with E-state index < -0.39 is 22.0 Å². The fourth-order valence-corrected chi connectivity index (χ4v) is 4.49. The molecule has 2 aromatic heterocycles. The zero-order valence-corrected chi connectivity index (χ0v) is 16.7. The Balaban J connectivity index is 1.53. The van der Waals surface area contributed by atoms with Crippen molar-refractivity contribution < 1.29 is 17.9 Å². The van der Waals surface area contributed by atoms with Gasteiger partial charge in [0.2, 0.25) is 11.8 Å². The second kappa shape index (κ2) is 8.96. The van der Waals surface area contributed by atoms with Crippen LogP contribution < -0.4 is 14.8 Å². The Kier molecular flexibility index (Phi) is 6.40. The van der Waals surface area contributed by atoms with Crippen LogP contribution in [0.4, 0.5) is 5.69 Å². The number of anilines is 1. The lowest BCUT2D eigenvalue weighted by Crippen LogP contribution is -2.41. The molecule has 0 radical (unpaired) electrons. The van der Waals surface area contributed by atoms with Crippen LogP contribution in [-0.4, -0.2) is 25.4 Å². The molecule has 0 saturated heterocycles. The van der Waals surface area contributed by atoms with Crippen LogP contribution in [0.1, 0.15) is 12.5 Å². The highest BCUT2D eigenvalue weighted by Crippen LogP contribution is 2.17. The van der Waals surface area contributed by atoms with E-state index in [1.54, 1.807) is 23.6 Å². The molecule has 0 aliphatic rings. The summed E-state index contributed by atoms with van der Waals surface area (Å²) in [6, 6.07) is 15.1. The summed E-state index contributed by atoms with van der Waals surface area (Å²) in [4.78, 5) is 16.4. The number of hydrogen-bond donors (Lipinski definition) is 2. The van der Waals surface area contributed by atoms with Gasteiger partial charge in [0.25, 0.3) is 10.0 Å². The van der Waals surface area contributed by atoms with Crippen molar-refractivity contribution >= 4 is 33.0 Å². The third-order valence-corrected chi connectivity index (χ3v) is 6.66. The van der Waals surface area contributed by atoms with Gasteiger partial charge in [-0.15, -0.1) is 11.3 Å². The molecule has 1 atom stereocenters. The fourth-order valence-electron chi connectivity index (χ4n) is 2.28. The van der Waals surface area contributed by atoms with Crippen molar-refractivity contribution in [2.45, 2.75) is 23.8 Å². The van der Waals surface area contributed by atoms with E-state index in [1.807, 2.05) is 30.3 Å². The Morgan fingerprint density at radius 3 is 2.57 bits per heavy atom. The number of carbonyl (C=O) groups excluding carboxylic acids is 1. The minimum Gasteiger partial charge on any atom is -0.473 e. The van der Waals surface area contributed by atoms with Crippen LogP contribution >= 0.6 is 11.3 Å². The Labute approximate surface area is 167 Å². The summed E-state index contributed by atoms with van der Waals surface area (Å²) in [7, 11) is -3.72. The Morgan fingerprint density at radius 1 is 1.14 bits per heavy atom. The lowest BCUT2D eigenvalue weighted by molar-refractivity contribution is -0.117. The van der Waals surface area contributed by atoms with Crippen LogP contribution in [0.15, 0.2) is 70.4 Å². The van der Waals surface area contributed by atoms with Crippen molar-refractivity contribution in [2.75, 3.05) is 5.32 Å². The quantitative estimate of drug-likeness (QED) is 0.587. The number of nitrogens with zero attached hydrogens (tertiary/aromatic N) is 1. The summed E-state index contributed by atoms with van der Waals surface area (Å²) in [5.41, 5.74) is 1.47. The molecule has 0 bridgehead atoms. The lowest BCUT2D eigenvalue weighted by Gasteiger charge is -2.14. The molecule has 1 unspecified atom stereocenters. The summed E-state index contributed by atoms with van der Waals surface area (Å²) >= 11 is 1.09. The molecule has 1 aromatic carbocycles. The van der Waals surface area contributed by atoms with Gasteiger partial charge in [-0.05, 0) is 30.0 Å². The number of aromatic nitrogens is 1. The van der Waals surface area contributed by atoms with Crippen molar-refractivity contribution in [1.29, 1.82) is 0 Å². The van der Waals surface area contributed by atoms with E-state index in [4.69, 9.17) is 4.74 Å². The van der Waals surface area contributed by atoms with Crippen molar-refractivity contribution in [2.24, 2.45) is 0 Å². The first-order chi connectivity index (χ1) is 13.4. The highest BCUT2D eigenvalue weighted by Gasteiger charge is 2.22. The molecule has 0 aliphatic heterocycles. The Hall–Kier alpha value is -2.75. The molecular weight excluding hydrogens is 398 g/mol. The van der Waals surface area contributed by atoms with Crippen LogP contribution in [0, 0.1) is 0 Å². The summed E-state index contributed by atoms with van der Waals surface area (Å²) in [6.45, 7) is 1.87. The Morgan fingerprint density at radius 2 is 1.93 bits per heavy atom. The van der Waals surface area contributed by atoms with Crippen LogP contribution in [-0.2, 0) is 21.4 Å². The standard InChI is InChI=1S/C19H19N3O4S2/c1-14(22-28(24,25)18-8-5-11-27-18)19(23)21-16-9-10-17(20-12-16)26-13-15-6-3-2-4-7-15/h2-12,14,22H,13H2,1H3,(H,21,23). The maximum absolute atomic E-state index is 12.3. The maximum Gasteiger partial charge on any atom is 0.250 e. The van der Waals surface area contributed by atoms with Gasteiger partial charge < -0.3 is 10.1 Å². The molecule has 1 amide bonds. The second-order valence-corrected chi connectivity index (χ2v) is 8.81. The summed E-state index contributed by atoms with van der Waals surface area (Å²) in [5, 5.41) is 4.29. The topological polar surface area (TPSA) is 97.4 Å². The van der Waals surface area contributed by atoms with Crippen LogP contribution in [0.25, 0.3) is 0 Å². The molecule has 28 heavy (non-hydrogen) atoms. The number of benzene rings is 1. The van der Waals surface area contributed by atoms with E-state index in [1.165, 1.54) is 19.2 Å². The minimum atomic E-state index is -3.72. The number of rotatable bonds is 8. The van der Waals surface area contributed by atoms with E-state index in [9.17, 15) is 13.2 Å². The van der Waals surface area contributed by atoms with E-state index >= 15 is 0 Å². The average Bonchev–Trinajstić information content (AvgIpc) is 3.24. The number of nitrogens with one attached hydrogen (secondary N) is 2. The van der Waals surface area contributed by atoms with Gasteiger partial charge in [0.15, 0.2) is 0 Å². The number of carbonyl (C=O) groups is 1. The third kappa shape index (κ3) is 5.38.